The van der Waals surface area contributed by atoms with E-state index in [1.54, 1.807) is 13.3 Å². The fourth-order valence-corrected chi connectivity index (χ4v) is 5.46. The van der Waals surface area contributed by atoms with E-state index in [1.165, 1.54) is 0 Å². The number of rotatable bonds is 1. The molecule has 0 spiro atoms. The molecule has 0 saturated carbocycles. The third-order valence-corrected chi connectivity index (χ3v) is 7.02. The number of imide groups is 1. The summed E-state index contributed by atoms with van der Waals surface area (Å²) in [4.78, 5) is 32.8. The molecule has 2 amide bonds. The highest BCUT2D eigenvalue weighted by Crippen LogP contribution is 2.60. The summed E-state index contributed by atoms with van der Waals surface area (Å²) in [6.45, 7) is 3.92. The van der Waals surface area contributed by atoms with Gasteiger partial charge in [-0.3, -0.25) is 19.9 Å². The van der Waals surface area contributed by atoms with Crippen LogP contribution in [0.3, 0.4) is 0 Å². The van der Waals surface area contributed by atoms with E-state index in [0.717, 1.165) is 39.0 Å². The summed E-state index contributed by atoms with van der Waals surface area (Å²) < 4.78 is 5.67. The van der Waals surface area contributed by atoms with Crippen LogP contribution >= 0.6 is 0 Å². The van der Waals surface area contributed by atoms with Gasteiger partial charge in [-0.2, -0.15) is 0 Å². The molecule has 144 valence electrons. The van der Waals surface area contributed by atoms with E-state index in [9.17, 15) is 9.59 Å². The number of fused-ring (bicyclic) bond motifs is 7. The average Bonchev–Trinajstić information content (AvgIpc) is 2.73. The Hall–Kier alpha value is -3.41. The quantitative estimate of drug-likeness (QED) is 0.649. The van der Waals surface area contributed by atoms with E-state index in [1.807, 2.05) is 44.2 Å². The maximum absolute atomic E-state index is 13.2. The predicted octanol–water partition coefficient (Wildman–Crippen LogP) is 3.51. The average molecular weight is 385 g/mol. The normalized spacial score (nSPS) is 26.2. The van der Waals surface area contributed by atoms with E-state index in [0.29, 0.717) is 5.75 Å². The monoisotopic (exact) mass is 385 g/mol. The number of carbonyl (C=O) groups is 2. The van der Waals surface area contributed by atoms with Crippen molar-refractivity contribution in [3.8, 4) is 16.9 Å². The van der Waals surface area contributed by atoms with Gasteiger partial charge in [0, 0.05) is 23.1 Å². The molecule has 29 heavy (non-hydrogen) atoms. The van der Waals surface area contributed by atoms with Crippen LogP contribution in [-0.2, 0) is 9.59 Å². The Kier molecular flexibility index (Phi) is 2.93. The molecule has 4 heterocycles. The SMILES string of the molecule is COc1cc2c3c4c(ccnc14)-c1ccccc1N3[C@]1(C)C(=O)NC(=O)[C@H]2[C@@H]1C. The van der Waals surface area contributed by atoms with Crippen molar-refractivity contribution in [2.75, 3.05) is 12.0 Å². The van der Waals surface area contributed by atoms with Crippen LogP contribution in [0.1, 0.15) is 25.3 Å². The third kappa shape index (κ3) is 1.71. The first-order valence-electron chi connectivity index (χ1n) is 9.73. The van der Waals surface area contributed by atoms with Crippen LogP contribution in [0.4, 0.5) is 11.4 Å². The topological polar surface area (TPSA) is 71.5 Å². The molecule has 0 unspecified atom stereocenters. The Morgan fingerprint density at radius 3 is 2.76 bits per heavy atom. The molecule has 3 aliphatic rings. The van der Waals surface area contributed by atoms with Crippen molar-refractivity contribution in [3.63, 3.8) is 0 Å². The van der Waals surface area contributed by atoms with Crippen LogP contribution < -0.4 is 15.0 Å². The number of amides is 2. The number of para-hydroxylation sites is 1. The Morgan fingerprint density at radius 1 is 1.17 bits per heavy atom. The molecule has 3 aromatic rings. The van der Waals surface area contributed by atoms with E-state index >= 15 is 0 Å². The Bertz CT molecular complexity index is 1270. The fourth-order valence-electron chi connectivity index (χ4n) is 5.46. The number of hydrogen-bond acceptors (Lipinski definition) is 5. The number of nitrogens with one attached hydrogen (secondary N) is 1. The highest BCUT2D eigenvalue weighted by molar-refractivity contribution is 6.19. The first-order chi connectivity index (χ1) is 14.0. The van der Waals surface area contributed by atoms with E-state index in [4.69, 9.17) is 4.74 Å². The number of anilines is 2. The molecule has 3 aliphatic heterocycles. The van der Waals surface area contributed by atoms with E-state index in [-0.39, 0.29) is 17.7 Å². The number of piperidine rings is 1. The summed E-state index contributed by atoms with van der Waals surface area (Å²) in [6, 6.07) is 12.0. The molecule has 1 aromatic heterocycles. The van der Waals surface area contributed by atoms with Crippen LogP contribution in [0, 0.1) is 5.92 Å². The molecule has 2 aromatic carbocycles. The molecular weight excluding hydrogens is 366 g/mol. The number of aromatic nitrogens is 1. The largest absolute Gasteiger partial charge is 0.494 e. The van der Waals surface area contributed by atoms with Gasteiger partial charge in [-0.25, -0.2) is 0 Å². The molecule has 6 heteroatoms. The molecule has 0 radical (unpaired) electrons. The van der Waals surface area contributed by atoms with Crippen molar-refractivity contribution in [1.82, 2.24) is 10.3 Å². The van der Waals surface area contributed by atoms with Gasteiger partial charge in [-0.1, -0.05) is 25.1 Å². The minimum absolute atomic E-state index is 0.204. The summed E-state index contributed by atoms with van der Waals surface area (Å²) in [5.74, 6) is -0.504. The van der Waals surface area contributed by atoms with Crippen LogP contribution in [0.2, 0.25) is 0 Å². The number of carbonyl (C=O) groups excluding carboxylic acids is 2. The lowest BCUT2D eigenvalue weighted by atomic mass is 9.65. The first-order valence-corrected chi connectivity index (χ1v) is 9.73. The van der Waals surface area contributed by atoms with Crippen molar-refractivity contribution >= 4 is 34.1 Å². The van der Waals surface area contributed by atoms with Crippen molar-refractivity contribution in [2.45, 2.75) is 25.3 Å². The smallest absolute Gasteiger partial charge is 0.252 e. The maximum atomic E-state index is 13.2. The molecule has 1 fully saturated rings. The summed E-state index contributed by atoms with van der Waals surface area (Å²) >= 11 is 0. The maximum Gasteiger partial charge on any atom is 0.252 e. The molecule has 1 N–H and O–H groups in total. The summed E-state index contributed by atoms with van der Waals surface area (Å²) in [5, 5.41) is 3.55. The molecule has 2 bridgehead atoms. The summed E-state index contributed by atoms with van der Waals surface area (Å²) in [5.41, 5.74) is 4.69. The number of methoxy groups -OCH3 is 1. The van der Waals surface area contributed by atoms with E-state index < -0.39 is 11.5 Å². The van der Waals surface area contributed by atoms with Crippen molar-refractivity contribution in [2.24, 2.45) is 5.92 Å². The van der Waals surface area contributed by atoms with Crippen molar-refractivity contribution in [3.05, 3.63) is 48.2 Å². The van der Waals surface area contributed by atoms with E-state index in [2.05, 4.69) is 21.3 Å². The molecule has 6 nitrogen and oxygen atoms in total. The van der Waals surface area contributed by atoms with Crippen LogP contribution in [0.15, 0.2) is 42.6 Å². The zero-order chi connectivity index (χ0) is 20.1. The van der Waals surface area contributed by atoms with Gasteiger partial charge >= 0.3 is 0 Å². The lowest BCUT2D eigenvalue weighted by Crippen LogP contribution is -2.69. The number of nitrogens with zero attached hydrogens (tertiary/aromatic N) is 2. The van der Waals surface area contributed by atoms with Gasteiger partial charge in [0.1, 0.15) is 16.8 Å². The summed E-state index contributed by atoms with van der Waals surface area (Å²) in [7, 11) is 1.62. The molecule has 0 aliphatic carbocycles. The summed E-state index contributed by atoms with van der Waals surface area (Å²) in [6.07, 6.45) is 1.78. The van der Waals surface area contributed by atoms with Gasteiger partial charge in [-0.05, 0) is 36.2 Å². The Morgan fingerprint density at radius 2 is 1.97 bits per heavy atom. The Balaban J connectivity index is 1.88. The fraction of sp³-hybridized carbons (Fsp3) is 0.261. The lowest BCUT2D eigenvalue weighted by molar-refractivity contribution is -0.141. The number of ether oxygens (including phenoxy) is 1. The third-order valence-electron chi connectivity index (χ3n) is 7.02. The van der Waals surface area contributed by atoms with Crippen LogP contribution in [-0.4, -0.2) is 29.4 Å². The minimum atomic E-state index is -0.892. The van der Waals surface area contributed by atoms with Crippen LogP contribution in [0.5, 0.6) is 5.75 Å². The highest BCUT2D eigenvalue weighted by Gasteiger charge is 2.60. The highest BCUT2D eigenvalue weighted by atomic mass is 16.5. The van der Waals surface area contributed by atoms with Crippen molar-refractivity contribution < 1.29 is 14.3 Å². The number of hydrogen-bond donors (Lipinski definition) is 1. The second-order valence-corrected chi connectivity index (χ2v) is 8.18. The van der Waals surface area contributed by atoms with Gasteiger partial charge in [0.2, 0.25) is 5.91 Å². The zero-order valence-electron chi connectivity index (χ0n) is 16.3. The standard InChI is InChI=1S/C23H19N3O3/c1-11-17-14-10-16(29-3)19-18-13(8-9-24-19)12-6-4-5-7-15(12)26(20(14)18)23(11,2)22(28)25-21(17)27/h4-11,17H,1-3H3,(H,25,27,28)/t11-,17-,23-/m0/s1. The van der Waals surface area contributed by atoms with Crippen LogP contribution in [0.25, 0.3) is 22.0 Å². The van der Waals surface area contributed by atoms with Gasteiger partial charge in [0.15, 0.2) is 0 Å². The van der Waals surface area contributed by atoms with Gasteiger partial charge in [-0.15, -0.1) is 0 Å². The molecule has 6 rings (SSSR count). The first kappa shape index (κ1) is 16.5. The van der Waals surface area contributed by atoms with Gasteiger partial charge in [0.25, 0.3) is 5.91 Å². The number of benzene rings is 2. The lowest BCUT2D eigenvalue weighted by Gasteiger charge is -2.56. The van der Waals surface area contributed by atoms with Gasteiger partial charge in [0.05, 0.1) is 24.4 Å². The zero-order valence-corrected chi connectivity index (χ0v) is 16.3. The second-order valence-electron chi connectivity index (χ2n) is 8.18. The van der Waals surface area contributed by atoms with Crippen molar-refractivity contribution in [1.29, 1.82) is 0 Å². The predicted molar refractivity (Wildman–Crippen MR) is 109 cm³/mol. The molecule has 3 atom stereocenters. The minimum Gasteiger partial charge on any atom is -0.494 e. The van der Waals surface area contributed by atoms with Gasteiger partial charge < -0.3 is 9.64 Å². The second kappa shape index (κ2) is 5.14. The molecular formula is C23H19N3O3. The number of pyridine rings is 1. The molecule has 1 saturated heterocycles. The Labute approximate surface area is 167 Å².